The topological polar surface area (TPSA) is 106 Å². The second-order valence-electron chi connectivity index (χ2n) is 4.68. The van der Waals surface area contributed by atoms with Gasteiger partial charge in [-0.3, -0.25) is 9.79 Å². The highest BCUT2D eigenvalue weighted by molar-refractivity contribution is 6.47. The van der Waals surface area contributed by atoms with E-state index >= 15 is 0 Å². The molecule has 1 amide bonds. The standard InChI is InChI=1S/C16H15Cl2N5O/c1-21-13(6-7-19)16(24)23-14-5-3-10(15(20)22-14)11-8-9(17)2-4-12(11)18/h2-8H,19H2,1H3,(H3,20,22,23,24)/b7-6-,21-13?. The van der Waals surface area contributed by atoms with E-state index in [9.17, 15) is 4.79 Å². The Bertz CT molecular complexity index is 833. The van der Waals surface area contributed by atoms with Crippen LogP contribution in [0.3, 0.4) is 0 Å². The van der Waals surface area contributed by atoms with Crippen LogP contribution in [0.5, 0.6) is 0 Å². The van der Waals surface area contributed by atoms with Gasteiger partial charge in [0.2, 0.25) is 0 Å². The van der Waals surface area contributed by atoms with Gasteiger partial charge in [-0.15, -0.1) is 0 Å². The van der Waals surface area contributed by atoms with E-state index in [1.165, 1.54) is 19.3 Å². The van der Waals surface area contributed by atoms with Crippen LogP contribution >= 0.6 is 23.2 Å². The molecule has 0 saturated carbocycles. The van der Waals surface area contributed by atoms with Crippen molar-refractivity contribution in [3.8, 4) is 11.1 Å². The molecule has 2 rings (SSSR count). The number of hydrogen-bond donors (Lipinski definition) is 3. The monoisotopic (exact) mass is 363 g/mol. The molecule has 0 aliphatic rings. The Labute approximate surface area is 149 Å². The summed E-state index contributed by atoms with van der Waals surface area (Å²) in [6, 6.07) is 8.38. The van der Waals surface area contributed by atoms with Crippen molar-refractivity contribution in [1.82, 2.24) is 4.98 Å². The number of carbonyl (C=O) groups excluding carboxylic acids is 1. The summed E-state index contributed by atoms with van der Waals surface area (Å²) in [6.07, 6.45) is 2.62. The zero-order valence-corrected chi connectivity index (χ0v) is 14.3. The molecule has 0 spiro atoms. The predicted octanol–water partition coefficient (Wildman–Crippen LogP) is 3.12. The SMILES string of the molecule is CN=C(/C=C\N)C(=O)Nc1ccc(-c2cc(Cl)ccc2Cl)c(N)n1. The number of nitrogens with one attached hydrogen (secondary N) is 1. The number of rotatable bonds is 4. The Morgan fingerprint density at radius 2 is 2.00 bits per heavy atom. The Kier molecular flexibility index (Phi) is 5.78. The normalized spacial score (nSPS) is 11.7. The number of aliphatic imine (C=N–C) groups is 1. The predicted molar refractivity (Wildman–Crippen MR) is 99.4 cm³/mol. The molecule has 0 radical (unpaired) electrons. The van der Waals surface area contributed by atoms with E-state index in [1.807, 2.05) is 0 Å². The largest absolute Gasteiger partial charge is 0.405 e. The summed E-state index contributed by atoms with van der Waals surface area (Å²) in [7, 11) is 1.49. The summed E-state index contributed by atoms with van der Waals surface area (Å²) in [5, 5.41) is 3.63. The Balaban J connectivity index is 2.30. The average molecular weight is 364 g/mol. The van der Waals surface area contributed by atoms with Crippen LogP contribution in [0, 0.1) is 0 Å². The van der Waals surface area contributed by atoms with Gasteiger partial charge in [-0.2, -0.15) is 0 Å². The number of pyridine rings is 1. The van der Waals surface area contributed by atoms with Crippen molar-refractivity contribution in [3.63, 3.8) is 0 Å². The quantitative estimate of drug-likeness (QED) is 0.725. The maximum absolute atomic E-state index is 12.0. The number of amides is 1. The molecule has 0 aliphatic heterocycles. The van der Waals surface area contributed by atoms with Gasteiger partial charge in [0.25, 0.3) is 5.91 Å². The summed E-state index contributed by atoms with van der Waals surface area (Å²) in [5.74, 6) is 0.0481. The molecule has 124 valence electrons. The zero-order chi connectivity index (χ0) is 17.7. The van der Waals surface area contributed by atoms with Crippen LogP contribution in [0.1, 0.15) is 0 Å². The molecule has 0 saturated heterocycles. The summed E-state index contributed by atoms with van der Waals surface area (Å²) in [6.45, 7) is 0. The van der Waals surface area contributed by atoms with Gasteiger partial charge in [-0.25, -0.2) is 4.98 Å². The molecule has 1 aromatic heterocycles. The Morgan fingerprint density at radius 3 is 2.62 bits per heavy atom. The molecular formula is C16H15Cl2N5O. The molecule has 2 aromatic rings. The number of nitrogen functional groups attached to an aromatic ring is 1. The first-order valence-electron chi connectivity index (χ1n) is 6.84. The summed E-state index contributed by atoms with van der Waals surface area (Å²) < 4.78 is 0. The second kappa shape index (κ2) is 7.81. The lowest BCUT2D eigenvalue weighted by Gasteiger charge is -2.10. The van der Waals surface area contributed by atoms with Crippen molar-refractivity contribution in [2.75, 3.05) is 18.1 Å². The number of carbonyl (C=O) groups is 1. The molecule has 0 atom stereocenters. The third-order valence-electron chi connectivity index (χ3n) is 3.11. The molecule has 5 N–H and O–H groups in total. The molecular weight excluding hydrogens is 349 g/mol. The lowest BCUT2D eigenvalue weighted by Crippen LogP contribution is -2.22. The fourth-order valence-corrected chi connectivity index (χ4v) is 2.39. The first-order chi connectivity index (χ1) is 11.5. The molecule has 6 nitrogen and oxygen atoms in total. The number of anilines is 2. The van der Waals surface area contributed by atoms with E-state index in [1.54, 1.807) is 30.3 Å². The van der Waals surface area contributed by atoms with Gasteiger partial charge in [0.05, 0.1) is 0 Å². The van der Waals surface area contributed by atoms with Crippen molar-refractivity contribution in [2.24, 2.45) is 10.7 Å². The van der Waals surface area contributed by atoms with Gasteiger partial charge in [0.15, 0.2) is 0 Å². The molecule has 1 heterocycles. The summed E-state index contributed by atoms with van der Waals surface area (Å²) in [4.78, 5) is 20.0. The fraction of sp³-hybridized carbons (Fsp3) is 0.0625. The van der Waals surface area contributed by atoms with Gasteiger partial charge in [0, 0.05) is 28.2 Å². The molecule has 1 aromatic carbocycles. The van der Waals surface area contributed by atoms with Crippen LogP contribution < -0.4 is 16.8 Å². The highest BCUT2D eigenvalue weighted by atomic mass is 35.5. The van der Waals surface area contributed by atoms with Crippen molar-refractivity contribution in [1.29, 1.82) is 0 Å². The molecule has 8 heteroatoms. The lowest BCUT2D eigenvalue weighted by atomic mass is 10.1. The zero-order valence-electron chi connectivity index (χ0n) is 12.8. The third-order valence-corrected chi connectivity index (χ3v) is 3.68. The van der Waals surface area contributed by atoms with Gasteiger partial charge < -0.3 is 16.8 Å². The minimum Gasteiger partial charge on any atom is -0.405 e. The highest BCUT2D eigenvalue weighted by Gasteiger charge is 2.12. The Morgan fingerprint density at radius 1 is 1.25 bits per heavy atom. The third kappa shape index (κ3) is 4.04. The van der Waals surface area contributed by atoms with E-state index in [0.717, 1.165) is 0 Å². The van der Waals surface area contributed by atoms with Crippen molar-refractivity contribution >= 4 is 46.5 Å². The smallest absolute Gasteiger partial charge is 0.274 e. The van der Waals surface area contributed by atoms with Gasteiger partial charge in [-0.05, 0) is 42.6 Å². The second-order valence-corrected chi connectivity index (χ2v) is 5.52. The fourth-order valence-electron chi connectivity index (χ4n) is 2.00. The van der Waals surface area contributed by atoms with Gasteiger partial charge in [-0.1, -0.05) is 23.2 Å². The minimum atomic E-state index is -0.445. The van der Waals surface area contributed by atoms with Crippen LogP contribution in [0.25, 0.3) is 11.1 Å². The highest BCUT2D eigenvalue weighted by Crippen LogP contribution is 2.33. The van der Waals surface area contributed by atoms with Crippen LogP contribution in [-0.4, -0.2) is 23.7 Å². The lowest BCUT2D eigenvalue weighted by molar-refractivity contribution is -0.110. The van der Waals surface area contributed by atoms with Gasteiger partial charge in [0.1, 0.15) is 17.3 Å². The van der Waals surface area contributed by atoms with Crippen molar-refractivity contribution in [3.05, 3.63) is 52.7 Å². The van der Waals surface area contributed by atoms with E-state index < -0.39 is 5.91 Å². The number of benzene rings is 1. The summed E-state index contributed by atoms with van der Waals surface area (Å²) >= 11 is 12.2. The van der Waals surface area contributed by atoms with Crippen molar-refractivity contribution < 1.29 is 4.79 Å². The molecule has 0 aliphatic carbocycles. The van der Waals surface area contributed by atoms with Gasteiger partial charge >= 0.3 is 0 Å². The van der Waals surface area contributed by atoms with Crippen molar-refractivity contribution in [2.45, 2.75) is 0 Å². The van der Waals surface area contributed by atoms with E-state index in [2.05, 4.69) is 15.3 Å². The molecule has 24 heavy (non-hydrogen) atoms. The minimum absolute atomic E-state index is 0.167. The van der Waals surface area contributed by atoms with Crippen LogP contribution in [-0.2, 0) is 4.79 Å². The maximum atomic E-state index is 12.0. The number of halogens is 2. The molecule has 0 fully saturated rings. The number of hydrogen-bond acceptors (Lipinski definition) is 5. The number of aromatic nitrogens is 1. The molecule has 0 unspecified atom stereocenters. The van der Waals surface area contributed by atoms with E-state index in [-0.39, 0.29) is 17.3 Å². The maximum Gasteiger partial charge on any atom is 0.274 e. The first kappa shape index (κ1) is 17.8. The van der Waals surface area contributed by atoms with E-state index in [4.69, 9.17) is 34.7 Å². The number of nitrogens with two attached hydrogens (primary N) is 2. The number of nitrogens with zero attached hydrogens (tertiary/aromatic N) is 2. The Hall–Kier alpha value is -2.57. The first-order valence-corrected chi connectivity index (χ1v) is 7.60. The van der Waals surface area contributed by atoms with Crippen LogP contribution in [0.2, 0.25) is 10.0 Å². The van der Waals surface area contributed by atoms with Crippen LogP contribution in [0.15, 0.2) is 47.6 Å². The van der Waals surface area contributed by atoms with Crippen LogP contribution in [0.4, 0.5) is 11.6 Å². The average Bonchev–Trinajstić information content (AvgIpc) is 2.55. The van der Waals surface area contributed by atoms with E-state index in [0.29, 0.717) is 21.2 Å². The molecule has 0 bridgehead atoms. The summed E-state index contributed by atoms with van der Waals surface area (Å²) in [5.41, 5.74) is 12.7.